The number of carbonyl (C=O) groups excluding carboxylic acids is 1. The van der Waals surface area contributed by atoms with E-state index in [4.69, 9.17) is 9.26 Å². The lowest BCUT2D eigenvalue weighted by Crippen LogP contribution is -2.31. The van der Waals surface area contributed by atoms with E-state index in [2.05, 4.69) is 35.6 Å². The summed E-state index contributed by atoms with van der Waals surface area (Å²) in [5.74, 6) is 0.291. The maximum atomic E-state index is 12.4. The van der Waals surface area contributed by atoms with E-state index < -0.39 is 0 Å². The fourth-order valence-electron chi connectivity index (χ4n) is 2.83. The highest BCUT2D eigenvalue weighted by atomic mass is 16.5. The first-order valence-electron chi connectivity index (χ1n) is 7.91. The van der Waals surface area contributed by atoms with Crippen LogP contribution in [0, 0.1) is 0 Å². The predicted octanol–water partition coefficient (Wildman–Crippen LogP) is 2.41. The Kier molecular flexibility index (Phi) is 4.47. The van der Waals surface area contributed by atoms with Crippen LogP contribution in [0.1, 0.15) is 66.3 Å². The van der Waals surface area contributed by atoms with Crippen molar-refractivity contribution in [3.05, 3.63) is 35.0 Å². The fourth-order valence-corrected chi connectivity index (χ4v) is 2.83. The molecule has 0 spiro atoms. The summed E-state index contributed by atoms with van der Waals surface area (Å²) in [7, 11) is 1.57. The summed E-state index contributed by atoms with van der Waals surface area (Å²) in [6, 6.07) is 1.84. The third kappa shape index (κ3) is 3.29. The quantitative estimate of drug-likeness (QED) is 0.915. The minimum Gasteiger partial charge on any atom is -0.377 e. The van der Waals surface area contributed by atoms with Gasteiger partial charge in [0.15, 0.2) is 11.5 Å². The molecule has 0 unspecified atom stereocenters. The standard InChI is InChI=1S/C16H22N4O3/c1-10(2)20-8-11-5-4-6-13(15(11)18-20)17-16(21)14-7-12(9-22-3)23-19-14/h7-8,10,13H,4-6,9H2,1-3H3,(H,17,21)/t13-/m1/s1. The van der Waals surface area contributed by atoms with Crippen molar-refractivity contribution >= 4 is 5.91 Å². The second-order valence-corrected chi connectivity index (χ2v) is 6.14. The number of amides is 1. The van der Waals surface area contributed by atoms with Gasteiger partial charge < -0.3 is 14.6 Å². The smallest absolute Gasteiger partial charge is 0.274 e. The highest BCUT2D eigenvalue weighted by molar-refractivity contribution is 5.92. The molecule has 2 heterocycles. The summed E-state index contributed by atoms with van der Waals surface area (Å²) in [6.45, 7) is 4.49. The molecule has 0 radical (unpaired) electrons. The van der Waals surface area contributed by atoms with E-state index in [1.54, 1.807) is 13.2 Å². The molecular weight excluding hydrogens is 296 g/mol. The van der Waals surface area contributed by atoms with Crippen molar-refractivity contribution in [2.45, 2.75) is 51.8 Å². The van der Waals surface area contributed by atoms with Crippen molar-refractivity contribution in [1.82, 2.24) is 20.3 Å². The molecule has 2 aromatic heterocycles. The number of carbonyl (C=O) groups is 1. The zero-order valence-corrected chi connectivity index (χ0v) is 13.7. The van der Waals surface area contributed by atoms with Crippen LogP contribution in [-0.4, -0.2) is 28.0 Å². The average Bonchev–Trinajstić information content (AvgIpc) is 3.14. The molecule has 0 saturated heterocycles. The second-order valence-electron chi connectivity index (χ2n) is 6.14. The van der Waals surface area contributed by atoms with E-state index in [1.165, 1.54) is 5.56 Å². The first-order chi connectivity index (χ1) is 11.1. The molecule has 0 aromatic carbocycles. The van der Waals surface area contributed by atoms with Gasteiger partial charge in [0.25, 0.3) is 5.91 Å². The summed E-state index contributed by atoms with van der Waals surface area (Å²) in [6.07, 6.45) is 5.02. The molecule has 0 fully saturated rings. The lowest BCUT2D eigenvalue weighted by molar-refractivity contribution is 0.0921. The third-order valence-electron chi connectivity index (χ3n) is 4.02. The van der Waals surface area contributed by atoms with Gasteiger partial charge in [0.2, 0.25) is 0 Å². The average molecular weight is 318 g/mol. The van der Waals surface area contributed by atoms with Gasteiger partial charge in [-0.3, -0.25) is 9.48 Å². The van der Waals surface area contributed by atoms with E-state index in [9.17, 15) is 4.79 Å². The van der Waals surface area contributed by atoms with Crippen LogP contribution < -0.4 is 5.32 Å². The van der Waals surface area contributed by atoms with Gasteiger partial charge in [-0.1, -0.05) is 5.16 Å². The van der Waals surface area contributed by atoms with Crippen LogP contribution in [0.5, 0.6) is 0 Å². The van der Waals surface area contributed by atoms with E-state index in [0.717, 1.165) is 25.0 Å². The molecule has 1 aliphatic rings. The van der Waals surface area contributed by atoms with Gasteiger partial charge in [0, 0.05) is 25.4 Å². The first kappa shape index (κ1) is 15.7. The molecule has 124 valence electrons. The molecule has 7 heteroatoms. The topological polar surface area (TPSA) is 82.2 Å². The van der Waals surface area contributed by atoms with Gasteiger partial charge in [-0.15, -0.1) is 0 Å². The third-order valence-corrected chi connectivity index (χ3v) is 4.02. The van der Waals surface area contributed by atoms with Crippen LogP contribution in [0.25, 0.3) is 0 Å². The summed E-state index contributed by atoms with van der Waals surface area (Å²) in [4.78, 5) is 12.4. The van der Waals surface area contributed by atoms with Crippen molar-refractivity contribution in [2.24, 2.45) is 0 Å². The largest absolute Gasteiger partial charge is 0.377 e. The van der Waals surface area contributed by atoms with Crippen molar-refractivity contribution in [2.75, 3.05) is 7.11 Å². The molecule has 1 amide bonds. The van der Waals surface area contributed by atoms with E-state index >= 15 is 0 Å². The Hall–Kier alpha value is -2.15. The number of methoxy groups -OCH3 is 1. The van der Waals surface area contributed by atoms with Crippen LogP contribution in [0.4, 0.5) is 0 Å². The van der Waals surface area contributed by atoms with Crippen molar-refractivity contribution in [1.29, 1.82) is 0 Å². The number of hydrogen-bond donors (Lipinski definition) is 1. The number of hydrogen-bond acceptors (Lipinski definition) is 5. The summed E-state index contributed by atoms with van der Waals surface area (Å²) >= 11 is 0. The Balaban J connectivity index is 1.74. The predicted molar refractivity (Wildman–Crippen MR) is 83.0 cm³/mol. The summed E-state index contributed by atoms with van der Waals surface area (Å²) < 4.78 is 12.0. The minimum absolute atomic E-state index is 0.0752. The summed E-state index contributed by atoms with van der Waals surface area (Å²) in [5.41, 5.74) is 2.46. The Morgan fingerprint density at radius 2 is 2.39 bits per heavy atom. The van der Waals surface area contributed by atoms with Crippen LogP contribution in [-0.2, 0) is 17.8 Å². The van der Waals surface area contributed by atoms with Gasteiger partial charge in [-0.05, 0) is 38.7 Å². The number of rotatable bonds is 5. The maximum Gasteiger partial charge on any atom is 0.274 e. The molecule has 1 atom stereocenters. The van der Waals surface area contributed by atoms with E-state index in [-0.39, 0.29) is 17.6 Å². The second kappa shape index (κ2) is 6.54. The SMILES string of the molecule is COCc1cc(C(=O)N[C@@H]2CCCc3cn(C(C)C)nc32)no1. The number of aryl methyl sites for hydroxylation is 1. The monoisotopic (exact) mass is 318 g/mol. The highest BCUT2D eigenvalue weighted by Gasteiger charge is 2.27. The summed E-state index contributed by atoms with van der Waals surface area (Å²) in [5, 5.41) is 11.5. The molecule has 0 saturated carbocycles. The molecule has 23 heavy (non-hydrogen) atoms. The molecule has 3 rings (SSSR count). The highest BCUT2D eigenvalue weighted by Crippen LogP contribution is 2.29. The van der Waals surface area contributed by atoms with Gasteiger partial charge in [0.05, 0.1) is 11.7 Å². The molecule has 2 aromatic rings. The van der Waals surface area contributed by atoms with Gasteiger partial charge >= 0.3 is 0 Å². The van der Waals surface area contributed by atoms with Crippen molar-refractivity contribution < 1.29 is 14.1 Å². The zero-order valence-electron chi connectivity index (χ0n) is 13.7. The lowest BCUT2D eigenvalue weighted by atomic mass is 9.93. The van der Waals surface area contributed by atoms with E-state index in [0.29, 0.717) is 18.4 Å². The molecule has 1 aliphatic carbocycles. The Morgan fingerprint density at radius 1 is 1.57 bits per heavy atom. The maximum absolute atomic E-state index is 12.4. The Bertz CT molecular complexity index is 689. The Labute approximate surface area is 135 Å². The zero-order chi connectivity index (χ0) is 16.4. The molecular formula is C16H22N4O3. The fraction of sp³-hybridized carbons (Fsp3) is 0.562. The van der Waals surface area contributed by atoms with Crippen molar-refractivity contribution in [3.8, 4) is 0 Å². The van der Waals surface area contributed by atoms with E-state index in [1.807, 2.05) is 4.68 Å². The normalized spacial score (nSPS) is 17.3. The first-order valence-corrected chi connectivity index (χ1v) is 7.91. The van der Waals surface area contributed by atoms with Gasteiger partial charge in [0.1, 0.15) is 6.61 Å². The minimum atomic E-state index is -0.243. The molecule has 1 N–H and O–H groups in total. The van der Waals surface area contributed by atoms with Gasteiger partial charge in [-0.25, -0.2) is 0 Å². The number of fused-ring (bicyclic) bond motifs is 1. The Morgan fingerprint density at radius 3 is 3.13 bits per heavy atom. The van der Waals surface area contributed by atoms with Crippen LogP contribution in [0.3, 0.4) is 0 Å². The number of ether oxygens (including phenoxy) is 1. The molecule has 0 aliphatic heterocycles. The number of aromatic nitrogens is 3. The van der Waals surface area contributed by atoms with Crippen LogP contribution >= 0.6 is 0 Å². The number of nitrogens with zero attached hydrogens (tertiary/aromatic N) is 3. The molecule has 0 bridgehead atoms. The lowest BCUT2D eigenvalue weighted by Gasteiger charge is -2.21. The van der Waals surface area contributed by atoms with Crippen LogP contribution in [0.2, 0.25) is 0 Å². The number of nitrogens with one attached hydrogen (secondary N) is 1. The molecule has 7 nitrogen and oxygen atoms in total. The van der Waals surface area contributed by atoms with Crippen LogP contribution in [0.15, 0.2) is 16.8 Å². The van der Waals surface area contributed by atoms with Gasteiger partial charge in [-0.2, -0.15) is 5.10 Å². The van der Waals surface area contributed by atoms with Crippen molar-refractivity contribution in [3.63, 3.8) is 0 Å².